The average molecular weight is 463 g/mol. The topological polar surface area (TPSA) is 49.3 Å². The van der Waals surface area contributed by atoms with Crippen molar-refractivity contribution in [2.45, 2.75) is 13.3 Å². The fourth-order valence-corrected chi connectivity index (χ4v) is 5.13. The van der Waals surface area contributed by atoms with Crippen molar-refractivity contribution in [1.82, 2.24) is 14.9 Å². The number of hydrogen-bond acceptors (Lipinski definition) is 5. The van der Waals surface area contributed by atoms with E-state index in [2.05, 4.69) is 27.9 Å². The standard InChI is InChI=1S/C25H23ClN4OS/c1-2-21-15-22-23(27-16-28-24(22)32-21)29-11-13-30(14-12-29)25(31)19-5-3-17(4-6-19)18-7-9-20(26)10-8-18/h3-10,15-16H,2,11-14H2,1H3. The molecule has 3 heterocycles. The minimum Gasteiger partial charge on any atom is -0.352 e. The van der Waals surface area contributed by atoms with Crippen LogP contribution in [-0.4, -0.2) is 47.0 Å². The molecule has 0 aliphatic carbocycles. The van der Waals surface area contributed by atoms with Gasteiger partial charge < -0.3 is 9.80 Å². The Bertz CT molecular complexity index is 1250. The third-order valence-electron chi connectivity index (χ3n) is 5.88. The van der Waals surface area contributed by atoms with Crippen molar-refractivity contribution in [3.63, 3.8) is 0 Å². The van der Waals surface area contributed by atoms with Gasteiger partial charge in [0, 0.05) is 41.6 Å². The van der Waals surface area contributed by atoms with E-state index in [1.165, 1.54) is 4.88 Å². The Hall–Kier alpha value is -2.96. The predicted molar refractivity (Wildman–Crippen MR) is 132 cm³/mol. The molecule has 1 aliphatic heterocycles. The highest BCUT2D eigenvalue weighted by atomic mass is 35.5. The highest BCUT2D eigenvalue weighted by Gasteiger charge is 2.24. The third-order valence-corrected chi connectivity index (χ3v) is 7.32. The van der Waals surface area contributed by atoms with E-state index in [0.29, 0.717) is 23.7 Å². The van der Waals surface area contributed by atoms with E-state index < -0.39 is 0 Å². The molecule has 1 amide bonds. The third kappa shape index (κ3) is 4.08. The summed E-state index contributed by atoms with van der Waals surface area (Å²) in [5, 5.41) is 1.83. The van der Waals surface area contributed by atoms with E-state index in [1.54, 1.807) is 17.7 Å². The number of thiophene rings is 1. The van der Waals surface area contributed by atoms with Crippen molar-refractivity contribution >= 4 is 44.9 Å². The van der Waals surface area contributed by atoms with Crippen molar-refractivity contribution in [3.8, 4) is 11.1 Å². The zero-order valence-corrected chi connectivity index (χ0v) is 19.4. The smallest absolute Gasteiger partial charge is 0.253 e. The number of carbonyl (C=O) groups excluding carboxylic acids is 1. The van der Waals surface area contributed by atoms with Gasteiger partial charge in [-0.3, -0.25) is 4.79 Å². The van der Waals surface area contributed by atoms with Gasteiger partial charge in [0.2, 0.25) is 0 Å². The minimum atomic E-state index is 0.0731. The second kappa shape index (κ2) is 8.88. The van der Waals surface area contributed by atoms with Crippen LogP contribution in [-0.2, 0) is 6.42 Å². The lowest BCUT2D eigenvalue weighted by atomic mass is 10.0. The molecule has 5 rings (SSSR count). The van der Waals surface area contributed by atoms with E-state index in [-0.39, 0.29) is 5.91 Å². The number of aromatic nitrogens is 2. The Morgan fingerprint density at radius 3 is 2.28 bits per heavy atom. The maximum atomic E-state index is 13.1. The number of anilines is 1. The number of halogens is 1. The van der Waals surface area contributed by atoms with E-state index in [0.717, 1.165) is 46.7 Å². The lowest BCUT2D eigenvalue weighted by molar-refractivity contribution is 0.0746. The number of nitrogens with zero attached hydrogens (tertiary/aromatic N) is 4. The first-order valence-corrected chi connectivity index (χ1v) is 12.0. The second-order valence-electron chi connectivity index (χ2n) is 7.85. The quantitative estimate of drug-likeness (QED) is 0.399. The molecule has 0 bridgehead atoms. The molecule has 32 heavy (non-hydrogen) atoms. The maximum Gasteiger partial charge on any atom is 0.253 e. The van der Waals surface area contributed by atoms with Crippen LogP contribution < -0.4 is 4.90 Å². The van der Waals surface area contributed by atoms with Crippen LogP contribution in [0, 0.1) is 0 Å². The van der Waals surface area contributed by atoms with Gasteiger partial charge in [0.25, 0.3) is 5.91 Å². The summed E-state index contributed by atoms with van der Waals surface area (Å²) in [5.41, 5.74) is 2.86. The summed E-state index contributed by atoms with van der Waals surface area (Å²) in [6.45, 7) is 5.03. The van der Waals surface area contributed by atoms with Crippen LogP contribution in [0.1, 0.15) is 22.2 Å². The van der Waals surface area contributed by atoms with Gasteiger partial charge in [-0.25, -0.2) is 9.97 Å². The van der Waals surface area contributed by atoms with Crippen LogP contribution in [0.5, 0.6) is 0 Å². The molecular formula is C25H23ClN4OS. The first-order chi connectivity index (χ1) is 15.6. The number of hydrogen-bond donors (Lipinski definition) is 0. The zero-order chi connectivity index (χ0) is 22.1. The molecule has 0 saturated carbocycles. The second-order valence-corrected chi connectivity index (χ2v) is 9.40. The van der Waals surface area contributed by atoms with Crippen LogP contribution >= 0.6 is 22.9 Å². The van der Waals surface area contributed by atoms with Crippen LogP contribution in [0.15, 0.2) is 60.9 Å². The first kappa shape index (κ1) is 20.9. The number of benzene rings is 2. The van der Waals surface area contributed by atoms with Crippen molar-refractivity contribution in [1.29, 1.82) is 0 Å². The van der Waals surface area contributed by atoms with Crippen LogP contribution in [0.2, 0.25) is 5.02 Å². The van der Waals surface area contributed by atoms with Gasteiger partial charge in [0.15, 0.2) is 0 Å². The molecular weight excluding hydrogens is 440 g/mol. The molecule has 1 saturated heterocycles. The lowest BCUT2D eigenvalue weighted by Crippen LogP contribution is -2.49. The molecule has 0 N–H and O–H groups in total. The number of aryl methyl sites for hydroxylation is 1. The van der Waals surface area contributed by atoms with Gasteiger partial charge >= 0.3 is 0 Å². The van der Waals surface area contributed by atoms with Gasteiger partial charge in [-0.15, -0.1) is 11.3 Å². The molecule has 162 valence electrons. The summed E-state index contributed by atoms with van der Waals surface area (Å²) in [4.78, 5) is 28.6. The molecule has 0 spiro atoms. The fraction of sp³-hybridized carbons (Fsp3) is 0.240. The zero-order valence-electron chi connectivity index (χ0n) is 17.8. The summed E-state index contributed by atoms with van der Waals surface area (Å²) >= 11 is 7.71. The summed E-state index contributed by atoms with van der Waals surface area (Å²) in [6, 6.07) is 17.7. The minimum absolute atomic E-state index is 0.0731. The monoisotopic (exact) mass is 462 g/mol. The summed E-state index contributed by atoms with van der Waals surface area (Å²) < 4.78 is 0. The Kier molecular flexibility index (Phi) is 5.81. The van der Waals surface area contributed by atoms with Crippen LogP contribution in [0.3, 0.4) is 0 Å². The molecule has 0 atom stereocenters. The van der Waals surface area contributed by atoms with E-state index in [9.17, 15) is 4.79 Å². The Morgan fingerprint density at radius 2 is 1.62 bits per heavy atom. The molecule has 2 aromatic heterocycles. The van der Waals surface area contributed by atoms with Crippen molar-refractivity contribution in [2.75, 3.05) is 31.1 Å². The van der Waals surface area contributed by atoms with Crippen molar-refractivity contribution in [2.24, 2.45) is 0 Å². The van der Waals surface area contributed by atoms with E-state index in [1.807, 2.05) is 53.4 Å². The number of carbonyl (C=O) groups is 1. The normalized spacial score (nSPS) is 14.2. The van der Waals surface area contributed by atoms with Crippen molar-refractivity contribution < 1.29 is 4.79 Å². The molecule has 7 heteroatoms. The summed E-state index contributed by atoms with van der Waals surface area (Å²) in [5.74, 6) is 1.05. The number of rotatable bonds is 4. The van der Waals surface area contributed by atoms with Crippen molar-refractivity contribution in [3.05, 3.63) is 76.4 Å². The van der Waals surface area contributed by atoms with Gasteiger partial charge in [-0.2, -0.15) is 0 Å². The van der Waals surface area contributed by atoms with E-state index >= 15 is 0 Å². The largest absolute Gasteiger partial charge is 0.352 e. The van der Waals surface area contributed by atoms with Gasteiger partial charge in [0.05, 0.1) is 5.39 Å². The number of amides is 1. The van der Waals surface area contributed by atoms with Crippen LogP contribution in [0.4, 0.5) is 5.82 Å². The molecule has 0 unspecified atom stereocenters. The van der Waals surface area contributed by atoms with E-state index in [4.69, 9.17) is 11.6 Å². The molecule has 1 fully saturated rings. The molecule has 5 nitrogen and oxygen atoms in total. The molecule has 0 radical (unpaired) electrons. The Morgan fingerprint density at radius 1 is 0.969 bits per heavy atom. The number of fused-ring (bicyclic) bond motifs is 1. The highest BCUT2D eigenvalue weighted by Crippen LogP contribution is 2.31. The van der Waals surface area contributed by atoms with Gasteiger partial charge in [0.1, 0.15) is 17.0 Å². The average Bonchev–Trinajstić information content (AvgIpc) is 3.28. The lowest BCUT2D eigenvalue weighted by Gasteiger charge is -2.35. The Labute approximate surface area is 196 Å². The highest BCUT2D eigenvalue weighted by molar-refractivity contribution is 7.18. The predicted octanol–water partition coefficient (Wildman–Crippen LogP) is 5.54. The first-order valence-electron chi connectivity index (χ1n) is 10.8. The summed E-state index contributed by atoms with van der Waals surface area (Å²) in [6.07, 6.45) is 2.65. The molecule has 4 aromatic rings. The number of piperazine rings is 1. The van der Waals surface area contributed by atoms with Crippen LogP contribution in [0.25, 0.3) is 21.3 Å². The summed E-state index contributed by atoms with van der Waals surface area (Å²) in [7, 11) is 0. The molecule has 2 aromatic carbocycles. The molecule has 1 aliphatic rings. The SMILES string of the molecule is CCc1cc2c(N3CCN(C(=O)c4ccc(-c5ccc(Cl)cc5)cc4)CC3)ncnc2s1. The fourth-order valence-electron chi connectivity index (χ4n) is 4.07. The Balaban J connectivity index is 1.27. The van der Waals surface area contributed by atoms with Gasteiger partial charge in [-0.05, 0) is 47.9 Å². The maximum absolute atomic E-state index is 13.1. The van der Waals surface area contributed by atoms with Gasteiger partial charge in [-0.1, -0.05) is 42.8 Å².